The molecule has 0 aliphatic carbocycles. The zero-order valence-electron chi connectivity index (χ0n) is 9.91. The maximum absolute atomic E-state index is 8.85. The molecular weight excluding hydrogens is 196 g/mol. The fourth-order valence-corrected chi connectivity index (χ4v) is 1.22. The van der Waals surface area contributed by atoms with Crippen molar-refractivity contribution in [2.75, 3.05) is 40.1 Å². The molecule has 1 N–H and O–H groups in total. The Morgan fingerprint density at radius 3 is 2.40 bits per heavy atom. The fraction of sp³-hybridized carbons (Fsp3) is 1.00. The molecule has 1 unspecified atom stereocenters. The first-order chi connectivity index (χ1) is 7.35. The van der Waals surface area contributed by atoms with Crippen molar-refractivity contribution in [1.29, 1.82) is 0 Å². The molecule has 92 valence electrons. The van der Waals surface area contributed by atoms with Gasteiger partial charge in [0.15, 0.2) is 0 Å². The predicted molar refractivity (Wildman–Crippen MR) is 59.0 cm³/mol. The van der Waals surface area contributed by atoms with E-state index in [1.54, 1.807) is 7.11 Å². The zero-order valence-corrected chi connectivity index (χ0v) is 9.91. The van der Waals surface area contributed by atoms with Crippen molar-refractivity contribution in [3.63, 3.8) is 0 Å². The number of aliphatic hydroxyl groups is 1. The smallest absolute Gasteiger partial charge is 0.0802 e. The van der Waals surface area contributed by atoms with Gasteiger partial charge in [-0.15, -0.1) is 0 Å². The second-order valence-corrected chi connectivity index (χ2v) is 3.35. The van der Waals surface area contributed by atoms with Gasteiger partial charge < -0.3 is 19.3 Å². The molecule has 0 aliphatic rings. The number of hydrogen-bond donors (Lipinski definition) is 1. The van der Waals surface area contributed by atoms with Crippen LogP contribution in [0.15, 0.2) is 0 Å². The lowest BCUT2D eigenvalue weighted by Gasteiger charge is -2.11. The Balaban J connectivity index is 3.04. The number of hydrogen-bond acceptors (Lipinski definition) is 4. The van der Waals surface area contributed by atoms with Gasteiger partial charge in [0, 0.05) is 20.3 Å². The van der Waals surface area contributed by atoms with Gasteiger partial charge in [-0.25, -0.2) is 0 Å². The summed E-state index contributed by atoms with van der Waals surface area (Å²) in [5, 5.41) is 8.85. The lowest BCUT2D eigenvalue weighted by Crippen LogP contribution is -2.15. The molecule has 0 aliphatic heterocycles. The second-order valence-electron chi connectivity index (χ2n) is 3.35. The first-order valence-corrected chi connectivity index (χ1v) is 5.64. The Hall–Kier alpha value is -0.160. The number of methoxy groups -OCH3 is 1. The molecule has 0 rings (SSSR count). The van der Waals surface area contributed by atoms with E-state index in [9.17, 15) is 0 Å². The SMILES string of the molecule is CCOCCOCCCCC(CO)OC. The van der Waals surface area contributed by atoms with Crippen LogP contribution in [-0.4, -0.2) is 51.4 Å². The molecule has 0 amide bonds. The van der Waals surface area contributed by atoms with Gasteiger partial charge >= 0.3 is 0 Å². The van der Waals surface area contributed by atoms with Crippen molar-refractivity contribution >= 4 is 0 Å². The largest absolute Gasteiger partial charge is 0.394 e. The van der Waals surface area contributed by atoms with Crippen molar-refractivity contribution in [3.8, 4) is 0 Å². The first-order valence-electron chi connectivity index (χ1n) is 5.64. The minimum absolute atomic E-state index is 0.0200. The number of ether oxygens (including phenoxy) is 3. The Morgan fingerprint density at radius 2 is 1.80 bits per heavy atom. The van der Waals surface area contributed by atoms with Crippen LogP contribution in [-0.2, 0) is 14.2 Å². The van der Waals surface area contributed by atoms with Gasteiger partial charge in [0.1, 0.15) is 0 Å². The summed E-state index contributed by atoms with van der Waals surface area (Å²) >= 11 is 0. The van der Waals surface area contributed by atoms with Crippen LogP contribution in [0.3, 0.4) is 0 Å². The topological polar surface area (TPSA) is 47.9 Å². The van der Waals surface area contributed by atoms with Gasteiger partial charge in [-0.3, -0.25) is 0 Å². The molecule has 0 aromatic rings. The van der Waals surface area contributed by atoms with E-state index < -0.39 is 0 Å². The highest BCUT2D eigenvalue weighted by atomic mass is 16.5. The summed E-state index contributed by atoms with van der Waals surface area (Å²) in [7, 11) is 1.62. The van der Waals surface area contributed by atoms with E-state index in [1.165, 1.54) is 0 Å². The fourth-order valence-electron chi connectivity index (χ4n) is 1.22. The highest BCUT2D eigenvalue weighted by Crippen LogP contribution is 2.03. The van der Waals surface area contributed by atoms with Gasteiger partial charge in [-0.1, -0.05) is 0 Å². The van der Waals surface area contributed by atoms with E-state index in [0.29, 0.717) is 13.2 Å². The zero-order chi connectivity index (χ0) is 11.4. The Bertz CT molecular complexity index is 115. The first kappa shape index (κ1) is 14.8. The molecule has 0 bridgehead atoms. The van der Waals surface area contributed by atoms with Gasteiger partial charge in [-0.2, -0.15) is 0 Å². The van der Waals surface area contributed by atoms with Crippen LogP contribution in [0, 0.1) is 0 Å². The van der Waals surface area contributed by atoms with Crippen molar-refractivity contribution in [1.82, 2.24) is 0 Å². The van der Waals surface area contributed by atoms with Crippen molar-refractivity contribution in [3.05, 3.63) is 0 Å². The molecule has 0 saturated carbocycles. The average molecular weight is 220 g/mol. The maximum Gasteiger partial charge on any atom is 0.0802 e. The summed E-state index contributed by atoms with van der Waals surface area (Å²) in [5.41, 5.74) is 0. The van der Waals surface area contributed by atoms with Crippen LogP contribution in [0.25, 0.3) is 0 Å². The molecule has 0 radical (unpaired) electrons. The Labute approximate surface area is 92.5 Å². The third-order valence-corrected chi connectivity index (χ3v) is 2.18. The van der Waals surface area contributed by atoms with E-state index in [-0.39, 0.29) is 12.7 Å². The van der Waals surface area contributed by atoms with E-state index >= 15 is 0 Å². The summed E-state index contributed by atoms with van der Waals surface area (Å²) in [5.74, 6) is 0. The average Bonchev–Trinajstić information content (AvgIpc) is 2.27. The number of unbranched alkanes of at least 4 members (excludes halogenated alkanes) is 1. The molecule has 0 heterocycles. The highest BCUT2D eigenvalue weighted by Gasteiger charge is 2.03. The molecule has 1 atom stereocenters. The molecule has 0 aromatic carbocycles. The molecule has 0 saturated heterocycles. The normalized spacial score (nSPS) is 13.0. The van der Waals surface area contributed by atoms with Gasteiger partial charge in [0.05, 0.1) is 25.9 Å². The van der Waals surface area contributed by atoms with Gasteiger partial charge in [0.25, 0.3) is 0 Å². The molecule has 4 heteroatoms. The molecular formula is C11H24O4. The minimum atomic E-state index is -0.0200. The lowest BCUT2D eigenvalue weighted by atomic mass is 10.2. The van der Waals surface area contributed by atoms with Crippen LogP contribution in [0.1, 0.15) is 26.2 Å². The van der Waals surface area contributed by atoms with Crippen molar-refractivity contribution < 1.29 is 19.3 Å². The van der Waals surface area contributed by atoms with Crippen LogP contribution in [0.2, 0.25) is 0 Å². The molecule has 15 heavy (non-hydrogen) atoms. The maximum atomic E-state index is 8.85. The van der Waals surface area contributed by atoms with E-state index in [4.69, 9.17) is 19.3 Å². The number of aliphatic hydroxyl groups excluding tert-OH is 1. The minimum Gasteiger partial charge on any atom is -0.394 e. The van der Waals surface area contributed by atoms with E-state index in [1.807, 2.05) is 6.92 Å². The Kier molecular flexibility index (Phi) is 11.8. The summed E-state index contributed by atoms with van der Waals surface area (Å²) in [6, 6.07) is 0. The monoisotopic (exact) mass is 220 g/mol. The molecule has 0 fully saturated rings. The quantitative estimate of drug-likeness (QED) is 0.532. The standard InChI is InChI=1S/C11H24O4/c1-3-14-8-9-15-7-5-4-6-11(10-12)13-2/h11-12H,3-10H2,1-2H3. The Morgan fingerprint density at radius 1 is 1.07 bits per heavy atom. The van der Waals surface area contributed by atoms with E-state index in [2.05, 4.69) is 0 Å². The summed E-state index contributed by atoms with van der Waals surface area (Å²) < 4.78 is 15.5. The summed E-state index contributed by atoms with van der Waals surface area (Å²) in [6.45, 7) is 4.92. The van der Waals surface area contributed by atoms with Crippen molar-refractivity contribution in [2.45, 2.75) is 32.3 Å². The summed E-state index contributed by atoms with van der Waals surface area (Å²) in [4.78, 5) is 0. The predicted octanol–water partition coefficient (Wildman–Crippen LogP) is 1.22. The lowest BCUT2D eigenvalue weighted by molar-refractivity contribution is 0.0340. The summed E-state index contributed by atoms with van der Waals surface area (Å²) in [6.07, 6.45) is 2.90. The van der Waals surface area contributed by atoms with Crippen LogP contribution in [0.5, 0.6) is 0 Å². The molecule has 4 nitrogen and oxygen atoms in total. The second kappa shape index (κ2) is 11.9. The van der Waals surface area contributed by atoms with Crippen molar-refractivity contribution in [2.24, 2.45) is 0 Å². The van der Waals surface area contributed by atoms with Crippen LogP contribution in [0.4, 0.5) is 0 Å². The number of rotatable bonds is 11. The third-order valence-electron chi connectivity index (χ3n) is 2.18. The van der Waals surface area contributed by atoms with Crippen LogP contribution < -0.4 is 0 Å². The molecule has 0 spiro atoms. The highest BCUT2D eigenvalue weighted by molar-refractivity contribution is 4.54. The third kappa shape index (κ3) is 10.1. The van der Waals surface area contributed by atoms with Gasteiger partial charge in [-0.05, 0) is 26.2 Å². The van der Waals surface area contributed by atoms with E-state index in [0.717, 1.165) is 32.5 Å². The van der Waals surface area contributed by atoms with Gasteiger partial charge in [0.2, 0.25) is 0 Å². The van der Waals surface area contributed by atoms with Crippen LogP contribution >= 0.6 is 0 Å². The molecule has 0 aromatic heterocycles.